The quantitative estimate of drug-likeness (QED) is 0.618. The van der Waals surface area contributed by atoms with Crippen molar-refractivity contribution in [2.24, 2.45) is 11.7 Å². The van der Waals surface area contributed by atoms with Gasteiger partial charge in [-0.3, -0.25) is 19.3 Å². The average Bonchev–Trinajstić information content (AvgIpc) is 2.54. The van der Waals surface area contributed by atoms with E-state index in [2.05, 4.69) is 5.32 Å². The van der Waals surface area contributed by atoms with Crippen molar-refractivity contribution in [3.05, 3.63) is 0 Å². The van der Waals surface area contributed by atoms with Gasteiger partial charge in [-0.25, -0.2) is 0 Å². The molecule has 1 rings (SSSR count). The van der Waals surface area contributed by atoms with E-state index in [0.717, 1.165) is 11.3 Å². The van der Waals surface area contributed by atoms with Crippen molar-refractivity contribution in [2.75, 3.05) is 13.6 Å². The maximum absolute atomic E-state index is 11.8. The van der Waals surface area contributed by atoms with Gasteiger partial charge >= 0.3 is 0 Å². The normalized spacial score (nSPS) is 21.8. The second-order valence-corrected chi connectivity index (χ2v) is 4.28. The first-order valence-electron chi connectivity index (χ1n) is 5.82. The van der Waals surface area contributed by atoms with Crippen LogP contribution in [0.25, 0.3) is 0 Å². The minimum atomic E-state index is -0.717. The lowest BCUT2D eigenvalue weighted by Gasteiger charge is -2.16. The van der Waals surface area contributed by atoms with Gasteiger partial charge in [-0.15, -0.1) is 0 Å². The Morgan fingerprint density at radius 1 is 1.59 bits per heavy atom. The molecule has 1 saturated heterocycles. The molecule has 0 aromatic heterocycles. The molecule has 1 aliphatic rings. The van der Waals surface area contributed by atoms with E-state index in [1.54, 1.807) is 0 Å². The molecular weight excluding hydrogens is 222 g/mol. The zero-order valence-corrected chi connectivity index (χ0v) is 10.2. The Bertz CT molecular complexity index is 330. The molecule has 1 aliphatic heterocycles. The minimum absolute atomic E-state index is 0.0461. The highest BCUT2D eigenvalue weighted by Crippen LogP contribution is 2.12. The molecule has 2 unspecified atom stereocenters. The Labute approximate surface area is 101 Å². The molecule has 0 aromatic carbocycles. The maximum Gasteiger partial charge on any atom is 0.252 e. The molecule has 0 saturated carbocycles. The highest BCUT2D eigenvalue weighted by molar-refractivity contribution is 6.06. The molecule has 0 spiro atoms. The summed E-state index contributed by atoms with van der Waals surface area (Å²) in [7, 11) is 1.42. The molecule has 1 fully saturated rings. The number of nitrogens with two attached hydrogens (primary N) is 1. The van der Waals surface area contributed by atoms with Gasteiger partial charge < -0.3 is 11.1 Å². The Hall–Kier alpha value is -1.43. The fourth-order valence-electron chi connectivity index (χ4n) is 1.86. The van der Waals surface area contributed by atoms with Gasteiger partial charge in [0.25, 0.3) is 5.91 Å². The van der Waals surface area contributed by atoms with Crippen LogP contribution in [0.15, 0.2) is 0 Å². The Morgan fingerprint density at radius 2 is 2.24 bits per heavy atom. The topological polar surface area (TPSA) is 92.5 Å². The summed E-state index contributed by atoms with van der Waals surface area (Å²) in [5.41, 5.74) is 5.50. The third-order valence-corrected chi connectivity index (χ3v) is 2.99. The second-order valence-electron chi connectivity index (χ2n) is 4.28. The van der Waals surface area contributed by atoms with Crippen LogP contribution in [0.1, 0.15) is 26.2 Å². The number of nitrogens with zero attached hydrogens (tertiary/aromatic N) is 1. The van der Waals surface area contributed by atoms with Crippen LogP contribution in [0.4, 0.5) is 0 Å². The van der Waals surface area contributed by atoms with Crippen LogP contribution in [-0.2, 0) is 14.4 Å². The van der Waals surface area contributed by atoms with Gasteiger partial charge in [0, 0.05) is 13.6 Å². The van der Waals surface area contributed by atoms with Crippen molar-refractivity contribution in [1.29, 1.82) is 0 Å². The van der Waals surface area contributed by atoms with Gasteiger partial charge in [0.2, 0.25) is 11.8 Å². The molecule has 0 bridgehead atoms. The first-order valence-corrected chi connectivity index (χ1v) is 5.82. The number of carbonyl (C=O) groups excluding carboxylic acids is 3. The van der Waals surface area contributed by atoms with E-state index >= 15 is 0 Å². The van der Waals surface area contributed by atoms with Gasteiger partial charge in [0.1, 0.15) is 6.04 Å². The highest BCUT2D eigenvalue weighted by Gasteiger charge is 2.37. The second kappa shape index (κ2) is 5.77. The fourth-order valence-corrected chi connectivity index (χ4v) is 1.86. The summed E-state index contributed by atoms with van der Waals surface area (Å²) in [6.45, 7) is 2.22. The Morgan fingerprint density at radius 3 is 2.65 bits per heavy atom. The van der Waals surface area contributed by atoms with E-state index < -0.39 is 6.04 Å². The molecule has 6 heteroatoms. The first-order chi connectivity index (χ1) is 8.01. The van der Waals surface area contributed by atoms with Gasteiger partial charge in [0.15, 0.2) is 0 Å². The lowest BCUT2D eigenvalue weighted by molar-refractivity contribution is -0.138. The molecule has 6 nitrogen and oxygen atoms in total. The molecule has 1 heterocycles. The monoisotopic (exact) mass is 241 g/mol. The zero-order chi connectivity index (χ0) is 13.0. The lowest BCUT2D eigenvalue weighted by atomic mass is 10.0. The number of carbonyl (C=O) groups is 3. The number of amides is 3. The number of hydrogen-bond donors (Lipinski definition) is 2. The lowest BCUT2D eigenvalue weighted by Crippen LogP contribution is -2.44. The standard InChI is InChI=1S/C11H19N3O3/c1-3-4-7(6-12)10(16)13-8-5-9(15)14(2)11(8)17/h7-8H,3-6,12H2,1-2H3,(H,13,16). The van der Waals surface area contributed by atoms with Crippen molar-refractivity contribution in [2.45, 2.75) is 32.2 Å². The SMILES string of the molecule is CCCC(CN)C(=O)NC1CC(=O)N(C)C1=O. The summed E-state index contributed by atoms with van der Waals surface area (Å²) >= 11 is 0. The summed E-state index contributed by atoms with van der Waals surface area (Å²) in [5, 5.41) is 2.59. The number of likely N-dealkylation sites (tertiary alicyclic amines) is 1. The van der Waals surface area contributed by atoms with Crippen LogP contribution >= 0.6 is 0 Å². The number of rotatable bonds is 5. The summed E-state index contributed by atoms with van der Waals surface area (Å²) in [5.74, 6) is -1.14. The Balaban J connectivity index is 2.57. The predicted octanol–water partition coefficient (Wildman–Crippen LogP) is -0.765. The molecule has 3 N–H and O–H groups in total. The van der Waals surface area contributed by atoms with Crippen LogP contribution in [0.2, 0.25) is 0 Å². The van der Waals surface area contributed by atoms with Crippen molar-refractivity contribution >= 4 is 17.7 Å². The molecule has 0 aliphatic carbocycles. The molecule has 96 valence electrons. The van der Waals surface area contributed by atoms with Crippen LogP contribution in [0, 0.1) is 5.92 Å². The summed E-state index contributed by atoms with van der Waals surface area (Å²) in [4.78, 5) is 35.7. The van der Waals surface area contributed by atoms with Crippen LogP contribution < -0.4 is 11.1 Å². The zero-order valence-electron chi connectivity index (χ0n) is 10.2. The van der Waals surface area contributed by atoms with Crippen molar-refractivity contribution in [3.8, 4) is 0 Å². The highest BCUT2D eigenvalue weighted by atomic mass is 16.2. The van der Waals surface area contributed by atoms with Gasteiger partial charge in [-0.05, 0) is 6.42 Å². The van der Waals surface area contributed by atoms with Gasteiger partial charge in [0.05, 0.1) is 12.3 Å². The molecule has 3 amide bonds. The smallest absolute Gasteiger partial charge is 0.252 e. The summed E-state index contributed by atoms with van der Waals surface area (Å²) < 4.78 is 0. The largest absolute Gasteiger partial charge is 0.343 e. The molecular formula is C11H19N3O3. The summed E-state index contributed by atoms with van der Waals surface area (Å²) in [6.07, 6.45) is 1.59. The van der Waals surface area contributed by atoms with E-state index in [9.17, 15) is 14.4 Å². The molecule has 2 atom stereocenters. The van der Waals surface area contributed by atoms with E-state index in [1.165, 1.54) is 7.05 Å². The molecule has 0 aromatic rings. The minimum Gasteiger partial charge on any atom is -0.343 e. The summed E-state index contributed by atoms with van der Waals surface area (Å²) in [6, 6.07) is -0.717. The van der Waals surface area contributed by atoms with Crippen LogP contribution in [0.3, 0.4) is 0 Å². The van der Waals surface area contributed by atoms with Gasteiger partial charge in [-0.1, -0.05) is 13.3 Å². The van der Waals surface area contributed by atoms with E-state index in [-0.39, 0.29) is 36.6 Å². The predicted molar refractivity (Wildman–Crippen MR) is 61.8 cm³/mol. The third-order valence-electron chi connectivity index (χ3n) is 2.99. The van der Waals surface area contributed by atoms with Crippen molar-refractivity contribution in [3.63, 3.8) is 0 Å². The van der Waals surface area contributed by atoms with E-state index in [0.29, 0.717) is 6.42 Å². The fraction of sp³-hybridized carbons (Fsp3) is 0.727. The van der Waals surface area contributed by atoms with Crippen LogP contribution in [-0.4, -0.2) is 42.3 Å². The maximum atomic E-state index is 11.8. The first kappa shape index (κ1) is 13.6. The number of likely N-dealkylation sites (N-methyl/N-ethyl adjacent to an activating group) is 1. The number of hydrogen-bond acceptors (Lipinski definition) is 4. The molecule has 0 radical (unpaired) electrons. The van der Waals surface area contributed by atoms with Crippen molar-refractivity contribution < 1.29 is 14.4 Å². The average molecular weight is 241 g/mol. The van der Waals surface area contributed by atoms with E-state index in [1.807, 2.05) is 6.92 Å². The molecule has 17 heavy (non-hydrogen) atoms. The van der Waals surface area contributed by atoms with Crippen molar-refractivity contribution in [1.82, 2.24) is 10.2 Å². The number of imide groups is 1. The Kier molecular flexibility index (Phi) is 4.62. The number of nitrogens with one attached hydrogen (secondary N) is 1. The third kappa shape index (κ3) is 3.03. The van der Waals surface area contributed by atoms with Crippen LogP contribution in [0.5, 0.6) is 0 Å². The van der Waals surface area contributed by atoms with E-state index in [4.69, 9.17) is 5.73 Å². The van der Waals surface area contributed by atoms with Gasteiger partial charge in [-0.2, -0.15) is 0 Å².